The number of nitriles is 1. The fourth-order valence-corrected chi connectivity index (χ4v) is 4.27. The van der Waals surface area contributed by atoms with E-state index in [1.54, 1.807) is 25.2 Å². The third-order valence-corrected chi connectivity index (χ3v) is 5.98. The Balaban J connectivity index is 1.57. The predicted molar refractivity (Wildman–Crippen MR) is 106 cm³/mol. The third-order valence-electron chi connectivity index (χ3n) is 4.62. The molecule has 1 aliphatic rings. The van der Waals surface area contributed by atoms with Gasteiger partial charge in [0.2, 0.25) is 5.91 Å². The van der Waals surface area contributed by atoms with Crippen molar-refractivity contribution in [2.24, 2.45) is 5.41 Å². The molecule has 1 aromatic carbocycles. The standard InChI is InChI=1S/C20H22ClN3OS/c1-20(2,14-22)19(25)24-10-8-23(9-11-24)13-17-6-7-18(26-17)15-4-3-5-16(21)12-15/h3-7,12H,8-11,13H2,1-2H3. The predicted octanol–water partition coefficient (Wildman–Crippen LogP) is 4.26. The summed E-state index contributed by atoms with van der Waals surface area (Å²) >= 11 is 7.86. The van der Waals surface area contributed by atoms with Crippen molar-refractivity contribution in [1.82, 2.24) is 9.80 Å². The summed E-state index contributed by atoms with van der Waals surface area (Å²) in [5.41, 5.74) is 0.199. The van der Waals surface area contributed by atoms with Crippen molar-refractivity contribution in [2.45, 2.75) is 20.4 Å². The molecule has 1 saturated heterocycles. The third kappa shape index (κ3) is 4.27. The molecular formula is C20H22ClN3OS. The van der Waals surface area contributed by atoms with Crippen molar-refractivity contribution in [3.05, 3.63) is 46.3 Å². The summed E-state index contributed by atoms with van der Waals surface area (Å²) in [7, 11) is 0. The normalized spacial score (nSPS) is 15.7. The van der Waals surface area contributed by atoms with E-state index in [-0.39, 0.29) is 5.91 Å². The Hall–Kier alpha value is -1.87. The lowest BCUT2D eigenvalue weighted by Gasteiger charge is -2.36. The number of amides is 1. The van der Waals surface area contributed by atoms with Crippen LogP contribution in [0.4, 0.5) is 0 Å². The van der Waals surface area contributed by atoms with Crippen LogP contribution in [0.2, 0.25) is 5.02 Å². The van der Waals surface area contributed by atoms with Crippen LogP contribution in [0.5, 0.6) is 0 Å². The molecule has 26 heavy (non-hydrogen) atoms. The Morgan fingerprint density at radius 1 is 1.23 bits per heavy atom. The summed E-state index contributed by atoms with van der Waals surface area (Å²) in [5, 5.41) is 9.89. The summed E-state index contributed by atoms with van der Waals surface area (Å²) in [6, 6.07) is 14.3. The number of piperazine rings is 1. The fraction of sp³-hybridized carbons (Fsp3) is 0.400. The molecule has 1 aromatic heterocycles. The van der Waals surface area contributed by atoms with E-state index in [0.29, 0.717) is 13.1 Å². The van der Waals surface area contributed by atoms with Gasteiger partial charge in [-0.15, -0.1) is 11.3 Å². The second-order valence-electron chi connectivity index (χ2n) is 7.08. The van der Waals surface area contributed by atoms with Gasteiger partial charge in [-0.1, -0.05) is 23.7 Å². The van der Waals surface area contributed by atoms with E-state index in [0.717, 1.165) is 30.2 Å². The largest absolute Gasteiger partial charge is 0.339 e. The first-order valence-corrected chi connectivity index (χ1v) is 9.86. The van der Waals surface area contributed by atoms with E-state index in [9.17, 15) is 4.79 Å². The molecule has 0 bridgehead atoms. The van der Waals surface area contributed by atoms with Crippen LogP contribution in [-0.4, -0.2) is 41.9 Å². The van der Waals surface area contributed by atoms with E-state index in [1.165, 1.54) is 9.75 Å². The highest BCUT2D eigenvalue weighted by Crippen LogP contribution is 2.30. The summed E-state index contributed by atoms with van der Waals surface area (Å²) in [5.74, 6) is -0.0704. The van der Waals surface area contributed by atoms with Gasteiger partial charge in [-0.2, -0.15) is 5.26 Å². The second-order valence-corrected chi connectivity index (χ2v) is 8.69. The van der Waals surface area contributed by atoms with Crippen LogP contribution >= 0.6 is 22.9 Å². The maximum absolute atomic E-state index is 12.4. The molecule has 3 rings (SSSR count). The summed E-state index contributed by atoms with van der Waals surface area (Å²) in [6.07, 6.45) is 0. The SMILES string of the molecule is CC(C)(C#N)C(=O)N1CCN(Cc2ccc(-c3cccc(Cl)c3)s2)CC1. The number of hydrogen-bond donors (Lipinski definition) is 0. The number of carbonyl (C=O) groups is 1. The molecule has 2 aromatic rings. The molecule has 4 nitrogen and oxygen atoms in total. The number of halogens is 1. The van der Waals surface area contributed by atoms with Crippen LogP contribution in [0.15, 0.2) is 36.4 Å². The zero-order valence-electron chi connectivity index (χ0n) is 15.0. The van der Waals surface area contributed by atoms with E-state index in [4.69, 9.17) is 16.9 Å². The van der Waals surface area contributed by atoms with Crippen LogP contribution in [0, 0.1) is 16.7 Å². The Labute approximate surface area is 163 Å². The number of thiophene rings is 1. The minimum atomic E-state index is -0.943. The van der Waals surface area contributed by atoms with Gasteiger partial charge in [-0.25, -0.2) is 0 Å². The molecular weight excluding hydrogens is 366 g/mol. The number of benzene rings is 1. The van der Waals surface area contributed by atoms with Gasteiger partial charge in [-0.3, -0.25) is 9.69 Å². The molecule has 0 saturated carbocycles. The van der Waals surface area contributed by atoms with Crippen molar-refractivity contribution in [2.75, 3.05) is 26.2 Å². The molecule has 1 fully saturated rings. The van der Waals surface area contributed by atoms with Crippen LogP contribution in [0.1, 0.15) is 18.7 Å². The molecule has 1 amide bonds. The van der Waals surface area contributed by atoms with Crippen molar-refractivity contribution in [1.29, 1.82) is 5.26 Å². The summed E-state index contributed by atoms with van der Waals surface area (Å²) in [4.78, 5) is 19.1. The lowest BCUT2D eigenvalue weighted by Crippen LogP contribution is -2.51. The minimum absolute atomic E-state index is 0.0704. The maximum Gasteiger partial charge on any atom is 0.242 e. The quantitative estimate of drug-likeness (QED) is 0.787. The lowest BCUT2D eigenvalue weighted by atomic mass is 9.93. The molecule has 0 unspecified atom stereocenters. The first-order chi connectivity index (χ1) is 12.4. The van der Waals surface area contributed by atoms with Gasteiger partial charge in [0.05, 0.1) is 6.07 Å². The van der Waals surface area contributed by atoms with E-state index < -0.39 is 5.41 Å². The molecule has 0 atom stereocenters. The van der Waals surface area contributed by atoms with Crippen LogP contribution in [0.3, 0.4) is 0 Å². The highest BCUT2D eigenvalue weighted by molar-refractivity contribution is 7.15. The van der Waals surface area contributed by atoms with Gasteiger partial charge in [0.25, 0.3) is 0 Å². The number of hydrogen-bond acceptors (Lipinski definition) is 4. The summed E-state index contributed by atoms with van der Waals surface area (Å²) in [6.45, 7) is 7.27. The molecule has 0 aliphatic carbocycles. The molecule has 6 heteroatoms. The molecule has 1 aliphatic heterocycles. The molecule has 0 spiro atoms. The minimum Gasteiger partial charge on any atom is -0.339 e. The monoisotopic (exact) mass is 387 g/mol. The van der Waals surface area contributed by atoms with Gasteiger partial charge in [-0.05, 0) is 43.7 Å². The van der Waals surface area contributed by atoms with Gasteiger partial charge in [0.15, 0.2) is 0 Å². The molecule has 0 radical (unpaired) electrons. The Kier molecular flexibility index (Phi) is 5.67. The van der Waals surface area contributed by atoms with Gasteiger partial charge in [0, 0.05) is 47.5 Å². The van der Waals surface area contributed by atoms with Crippen molar-refractivity contribution >= 4 is 28.8 Å². The number of carbonyl (C=O) groups excluding carboxylic acids is 1. The maximum atomic E-state index is 12.4. The van der Waals surface area contributed by atoms with Crippen molar-refractivity contribution in [3.8, 4) is 16.5 Å². The van der Waals surface area contributed by atoms with Gasteiger partial charge >= 0.3 is 0 Å². The van der Waals surface area contributed by atoms with Crippen LogP contribution in [-0.2, 0) is 11.3 Å². The topological polar surface area (TPSA) is 47.3 Å². The highest BCUT2D eigenvalue weighted by Gasteiger charge is 2.33. The summed E-state index contributed by atoms with van der Waals surface area (Å²) < 4.78 is 0. The van der Waals surface area contributed by atoms with E-state index >= 15 is 0 Å². The number of rotatable bonds is 4. The highest BCUT2D eigenvalue weighted by atomic mass is 35.5. The second kappa shape index (κ2) is 7.79. The molecule has 0 N–H and O–H groups in total. The molecule has 136 valence electrons. The Bertz CT molecular complexity index is 832. The van der Waals surface area contributed by atoms with Crippen molar-refractivity contribution < 1.29 is 4.79 Å². The van der Waals surface area contributed by atoms with Gasteiger partial charge < -0.3 is 4.90 Å². The lowest BCUT2D eigenvalue weighted by molar-refractivity contribution is -0.139. The Morgan fingerprint density at radius 3 is 2.62 bits per heavy atom. The average molecular weight is 388 g/mol. The first-order valence-electron chi connectivity index (χ1n) is 8.67. The van der Waals surface area contributed by atoms with Crippen LogP contribution in [0.25, 0.3) is 10.4 Å². The zero-order chi connectivity index (χ0) is 18.7. The number of nitrogens with zero attached hydrogens (tertiary/aromatic N) is 3. The fourth-order valence-electron chi connectivity index (χ4n) is 3.03. The Morgan fingerprint density at radius 2 is 1.96 bits per heavy atom. The molecule has 2 heterocycles. The average Bonchev–Trinajstić information content (AvgIpc) is 3.10. The first kappa shape index (κ1) is 18.9. The zero-order valence-corrected chi connectivity index (χ0v) is 16.6. The van der Waals surface area contributed by atoms with Gasteiger partial charge in [0.1, 0.15) is 5.41 Å². The van der Waals surface area contributed by atoms with Crippen LogP contribution < -0.4 is 0 Å². The van der Waals surface area contributed by atoms with E-state index in [2.05, 4.69) is 29.2 Å². The van der Waals surface area contributed by atoms with E-state index in [1.807, 2.05) is 23.1 Å². The van der Waals surface area contributed by atoms with Crippen molar-refractivity contribution in [3.63, 3.8) is 0 Å². The smallest absolute Gasteiger partial charge is 0.242 e.